The SMILES string of the molecule is CCCCc1cnc(Cl)c(C=O)c1. The number of aryl methyl sites for hydroxylation is 1. The summed E-state index contributed by atoms with van der Waals surface area (Å²) in [6.07, 6.45) is 5.68. The van der Waals surface area contributed by atoms with Gasteiger partial charge in [0.25, 0.3) is 0 Å². The summed E-state index contributed by atoms with van der Waals surface area (Å²) in [7, 11) is 0. The molecule has 0 aliphatic heterocycles. The molecule has 1 aromatic heterocycles. The van der Waals surface area contributed by atoms with E-state index >= 15 is 0 Å². The average Bonchev–Trinajstić information content (AvgIpc) is 2.16. The number of halogens is 1. The van der Waals surface area contributed by atoms with E-state index < -0.39 is 0 Å². The van der Waals surface area contributed by atoms with Crippen molar-refractivity contribution in [2.24, 2.45) is 0 Å². The van der Waals surface area contributed by atoms with Gasteiger partial charge in [-0.25, -0.2) is 4.98 Å². The van der Waals surface area contributed by atoms with Gasteiger partial charge >= 0.3 is 0 Å². The van der Waals surface area contributed by atoms with Crippen LogP contribution in [0.1, 0.15) is 35.7 Å². The largest absolute Gasteiger partial charge is 0.298 e. The van der Waals surface area contributed by atoms with Crippen LogP contribution >= 0.6 is 11.6 Å². The van der Waals surface area contributed by atoms with Gasteiger partial charge in [0, 0.05) is 6.20 Å². The maximum absolute atomic E-state index is 10.5. The minimum absolute atomic E-state index is 0.287. The number of nitrogens with zero attached hydrogens (tertiary/aromatic N) is 1. The molecule has 3 heteroatoms. The smallest absolute Gasteiger partial charge is 0.153 e. The van der Waals surface area contributed by atoms with Crippen molar-refractivity contribution in [1.82, 2.24) is 4.98 Å². The molecule has 0 fully saturated rings. The number of aromatic nitrogens is 1. The third-order valence-corrected chi connectivity index (χ3v) is 2.18. The summed E-state index contributed by atoms with van der Waals surface area (Å²) in [5, 5.41) is 0.287. The number of rotatable bonds is 4. The molecule has 0 amide bonds. The minimum atomic E-state index is 0.287. The second-order valence-electron chi connectivity index (χ2n) is 2.95. The van der Waals surface area contributed by atoms with Crippen LogP contribution in [0.3, 0.4) is 0 Å². The quantitative estimate of drug-likeness (QED) is 0.549. The molecule has 2 nitrogen and oxygen atoms in total. The number of carbonyl (C=O) groups excluding carboxylic acids is 1. The lowest BCUT2D eigenvalue weighted by Crippen LogP contribution is -1.91. The van der Waals surface area contributed by atoms with Crippen LogP contribution in [0, 0.1) is 0 Å². The summed E-state index contributed by atoms with van der Waals surface area (Å²) in [5.41, 5.74) is 1.56. The number of carbonyl (C=O) groups is 1. The fraction of sp³-hybridized carbons (Fsp3) is 0.400. The van der Waals surface area contributed by atoms with Crippen molar-refractivity contribution >= 4 is 17.9 Å². The van der Waals surface area contributed by atoms with Gasteiger partial charge in [-0.1, -0.05) is 24.9 Å². The van der Waals surface area contributed by atoms with Crippen molar-refractivity contribution in [2.75, 3.05) is 0 Å². The zero-order chi connectivity index (χ0) is 9.68. The lowest BCUT2D eigenvalue weighted by Gasteiger charge is -2.00. The van der Waals surface area contributed by atoms with Crippen LogP contribution < -0.4 is 0 Å². The molecule has 70 valence electrons. The monoisotopic (exact) mass is 197 g/mol. The maximum Gasteiger partial charge on any atom is 0.153 e. The molecule has 0 atom stereocenters. The molecule has 0 radical (unpaired) electrons. The highest BCUT2D eigenvalue weighted by Crippen LogP contribution is 2.13. The Morgan fingerprint density at radius 2 is 2.38 bits per heavy atom. The Labute approximate surface area is 82.9 Å². The first kappa shape index (κ1) is 10.2. The van der Waals surface area contributed by atoms with Crippen molar-refractivity contribution in [3.63, 3.8) is 0 Å². The topological polar surface area (TPSA) is 30.0 Å². The molecule has 1 rings (SSSR count). The minimum Gasteiger partial charge on any atom is -0.298 e. The third kappa shape index (κ3) is 2.81. The van der Waals surface area contributed by atoms with Crippen LogP contribution in [0.5, 0.6) is 0 Å². The van der Waals surface area contributed by atoms with Crippen LogP contribution in [-0.2, 0) is 6.42 Å². The number of aldehydes is 1. The van der Waals surface area contributed by atoms with Crippen molar-refractivity contribution < 1.29 is 4.79 Å². The molecular weight excluding hydrogens is 186 g/mol. The van der Waals surface area contributed by atoms with Gasteiger partial charge in [0.1, 0.15) is 5.15 Å². The predicted molar refractivity (Wildman–Crippen MR) is 53.2 cm³/mol. The lowest BCUT2D eigenvalue weighted by atomic mass is 10.1. The number of hydrogen-bond acceptors (Lipinski definition) is 2. The van der Waals surface area contributed by atoms with Gasteiger partial charge in [-0.3, -0.25) is 4.79 Å². The number of hydrogen-bond donors (Lipinski definition) is 0. The molecule has 0 saturated heterocycles. The van der Waals surface area contributed by atoms with Gasteiger partial charge in [0.15, 0.2) is 6.29 Å². The lowest BCUT2D eigenvalue weighted by molar-refractivity contribution is 0.112. The zero-order valence-corrected chi connectivity index (χ0v) is 8.34. The second kappa shape index (κ2) is 4.97. The van der Waals surface area contributed by atoms with Crippen LogP contribution in [0.15, 0.2) is 12.3 Å². The highest BCUT2D eigenvalue weighted by Gasteiger charge is 2.01. The van der Waals surface area contributed by atoms with E-state index in [0.29, 0.717) is 5.56 Å². The van der Waals surface area contributed by atoms with Gasteiger partial charge < -0.3 is 0 Å². The Bertz CT molecular complexity index is 299. The fourth-order valence-electron chi connectivity index (χ4n) is 1.11. The molecule has 0 spiro atoms. The van der Waals surface area contributed by atoms with Crippen LogP contribution in [0.2, 0.25) is 5.15 Å². The van der Waals surface area contributed by atoms with E-state index in [-0.39, 0.29) is 5.15 Å². The first-order valence-electron chi connectivity index (χ1n) is 4.37. The molecule has 0 aliphatic rings. The molecule has 0 aliphatic carbocycles. The van der Waals surface area contributed by atoms with E-state index in [1.165, 1.54) is 0 Å². The molecular formula is C10H12ClNO. The Hall–Kier alpha value is -0.890. The van der Waals surface area contributed by atoms with Gasteiger partial charge in [0.2, 0.25) is 0 Å². The Morgan fingerprint density at radius 3 is 3.00 bits per heavy atom. The molecule has 13 heavy (non-hydrogen) atoms. The molecule has 0 aromatic carbocycles. The average molecular weight is 198 g/mol. The van der Waals surface area contributed by atoms with Crippen LogP contribution in [-0.4, -0.2) is 11.3 Å². The first-order chi connectivity index (χ1) is 6.27. The van der Waals surface area contributed by atoms with Crippen molar-refractivity contribution in [3.05, 3.63) is 28.5 Å². The molecule has 1 heterocycles. The third-order valence-electron chi connectivity index (χ3n) is 1.87. The summed E-state index contributed by atoms with van der Waals surface area (Å²) in [6, 6.07) is 1.80. The summed E-state index contributed by atoms with van der Waals surface area (Å²) in [6.45, 7) is 2.13. The van der Waals surface area contributed by atoms with E-state index in [9.17, 15) is 4.79 Å². The van der Waals surface area contributed by atoms with Gasteiger partial charge in [-0.2, -0.15) is 0 Å². The number of pyridine rings is 1. The van der Waals surface area contributed by atoms with Gasteiger partial charge in [-0.05, 0) is 24.5 Å². The van der Waals surface area contributed by atoms with E-state index in [1.807, 2.05) is 0 Å². The van der Waals surface area contributed by atoms with E-state index in [0.717, 1.165) is 31.1 Å². The van der Waals surface area contributed by atoms with Gasteiger partial charge in [-0.15, -0.1) is 0 Å². The Balaban J connectivity index is 2.80. The van der Waals surface area contributed by atoms with Crippen molar-refractivity contribution in [2.45, 2.75) is 26.2 Å². The molecule has 0 saturated carbocycles. The summed E-state index contributed by atoms with van der Waals surface area (Å²) < 4.78 is 0. The van der Waals surface area contributed by atoms with Crippen LogP contribution in [0.25, 0.3) is 0 Å². The first-order valence-corrected chi connectivity index (χ1v) is 4.75. The van der Waals surface area contributed by atoms with E-state index in [2.05, 4.69) is 11.9 Å². The van der Waals surface area contributed by atoms with Crippen molar-refractivity contribution in [1.29, 1.82) is 0 Å². The number of unbranched alkanes of at least 4 members (excludes halogenated alkanes) is 1. The standard InChI is InChI=1S/C10H12ClNO/c1-2-3-4-8-5-9(7-13)10(11)12-6-8/h5-7H,2-4H2,1H3. The predicted octanol–water partition coefficient (Wildman–Crippen LogP) is 2.89. The maximum atomic E-state index is 10.5. The highest BCUT2D eigenvalue weighted by molar-refractivity contribution is 6.31. The zero-order valence-electron chi connectivity index (χ0n) is 7.59. The summed E-state index contributed by atoms with van der Waals surface area (Å²) in [4.78, 5) is 14.5. The van der Waals surface area contributed by atoms with Gasteiger partial charge in [0.05, 0.1) is 5.56 Å². The molecule has 0 unspecified atom stereocenters. The summed E-state index contributed by atoms with van der Waals surface area (Å²) >= 11 is 5.69. The second-order valence-corrected chi connectivity index (χ2v) is 3.30. The Morgan fingerprint density at radius 1 is 1.62 bits per heavy atom. The molecule has 0 N–H and O–H groups in total. The molecule has 1 aromatic rings. The van der Waals surface area contributed by atoms with E-state index in [4.69, 9.17) is 11.6 Å². The highest BCUT2D eigenvalue weighted by atomic mass is 35.5. The Kier molecular flexibility index (Phi) is 3.90. The molecule has 0 bridgehead atoms. The van der Waals surface area contributed by atoms with Crippen LogP contribution in [0.4, 0.5) is 0 Å². The summed E-state index contributed by atoms with van der Waals surface area (Å²) in [5.74, 6) is 0. The fourth-order valence-corrected chi connectivity index (χ4v) is 1.26. The normalized spacial score (nSPS) is 10.0. The van der Waals surface area contributed by atoms with E-state index in [1.54, 1.807) is 12.3 Å². The van der Waals surface area contributed by atoms with Crippen molar-refractivity contribution in [3.8, 4) is 0 Å².